The molecule has 0 unspecified atom stereocenters. The molecule has 0 radical (unpaired) electrons. The van der Waals surface area contributed by atoms with E-state index in [1.807, 2.05) is 30.3 Å². The molecule has 0 saturated heterocycles. The smallest absolute Gasteiger partial charge is 0.336 e. The maximum atomic E-state index is 11.3. The monoisotopic (exact) mass is 313 g/mol. The molecular weight excluding hydrogens is 294 g/mol. The van der Waals surface area contributed by atoms with Crippen molar-refractivity contribution in [3.8, 4) is 11.5 Å². The largest absolute Gasteiger partial charge is 0.497 e. The molecule has 0 saturated carbocycles. The molecule has 0 amide bonds. The maximum absolute atomic E-state index is 11.3. The first-order chi connectivity index (χ1) is 11.2. The molecule has 1 aliphatic heterocycles. The second kappa shape index (κ2) is 6.71. The number of nitrogens with zero attached hydrogens (tertiary/aromatic N) is 1. The lowest BCUT2D eigenvalue weighted by Crippen LogP contribution is -2.26. The van der Waals surface area contributed by atoms with Crippen LogP contribution in [-0.2, 0) is 13.1 Å². The van der Waals surface area contributed by atoms with E-state index < -0.39 is 5.97 Å². The molecule has 3 rings (SSSR count). The zero-order valence-electron chi connectivity index (χ0n) is 13.0. The van der Waals surface area contributed by atoms with Crippen LogP contribution in [-0.4, -0.2) is 36.2 Å². The van der Waals surface area contributed by atoms with Gasteiger partial charge in [0.05, 0.1) is 12.7 Å². The van der Waals surface area contributed by atoms with E-state index in [1.54, 1.807) is 19.2 Å². The summed E-state index contributed by atoms with van der Waals surface area (Å²) in [5.41, 5.74) is 2.25. The van der Waals surface area contributed by atoms with Crippen molar-refractivity contribution in [3.05, 3.63) is 59.2 Å². The van der Waals surface area contributed by atoms with Crippen molar-refractivity contribution in [1.82, 2.24) is 4.90 Å². The summed E-state index contributed by atoms with van der Waals surface area (Å²) in [6.45, 7) is 2.60. The third-order valence-corrected chi connectivity index (χ3v) is 3.98. The Balaban J connectivity index is 1.81. The van der Waals surface area contributed by atoms with E-state index in [1.165, 1.54) is 0 Å². The van der Waals surface area contributed by atoms with Crippen LogP contribution in [0.4, 0.5) is 0 Å². The van der Waals surface area contributed by atoms with E-state index in [0.29, 0.717) is 25.3 Å². The second-order valence-corrected chi connectivity index (χ2v) is 5.50. The summed E-state index contributed by atoms with van der Waals surface area (Å²) in [7, 11) is 1.63. The van der Waals surface area contributed by atoms with Crippen LogP contribution >= 0.6 is 0 Å². The summed E-state index contributed by atoms with van der Waals surface area (Å²) in [6.07, 6.45) is 0. The quantitative estimate of drug-likeness (QED) is 0.940. The van der Waals surface area contributed by atoms with Crippen molar-refractivity contribution in [2.75, 3.05) is 20.3 Å². The number of aromatic carboxylic acids is 1. The normalized spacial score (nSPS) is 14.5. The number of carboxylic acids is 1. The summed E-state index contributed by atoms with van der Waals surface area (Å²) in [5.74, 6) is 0.712. The molecule has 5 nitrogen and oxygen atoms in total. The molecule has 0 bridgehead atoms. The van der Waals surface area contributed by atoms with E-state index in [-0.39, 0.29) is 0 Å². The van der Waals surface area contributed by atoms with Crippen molar-refractivity contribution in [1.29, 1.82) is 0 Å². The zero-order chi connectivity index (χ0) is 16.2. The molecule has 1 aliphatic rings. The third kappa shape index (κ3) is 3.46. The highest BCUT2D eigenvalue weighted by atomic mass is 16.5. The summed E-state index contributed by atoms with van der Waals surface area (Å²) >= 11 is 0. The molecule has 0 aliphatic carbocycles. The van der Waals surface area contributed by atoms with Crippen molar-refractivity contribution in [3.63, 3.8) is 0 Å². The molecule has 0 spiro atoms. The van der Waals surface area contributed by atoms with Gasteiger partial charge in [-0.25, -0.2) is 4.79 Å². The first-order valence-corrected chi connectivity index (χ1v) is 7.50. The summed E-state index contributed by atoms with van der Waals surface area (Å²) in [5, 5.41) is 9.31. The third-order valence-electron chi connectivity index (χ3n) is 3.98. The Kier molecular flexibility index (Phi) is 4.48. The molecule has 0 fully saturated rings. The number of hydrogen-bond donors (Lipinski definition) is 1. The first-order valence-electron chi connectivity index (χ1n) is 7.50. The van der Waals surface area contributed by atoms with Crippen LogP contribution in [0, 0.1) is 0 Å². The SMILES string of the molecule is COc1ccc2c(c1)OCCN(Cc1ccccc1C(=O)O)C2. The fourth-order valence-corrected chi connectivity index (χ4v) is 2.77. The molecule has 5 heteroatoms. The first kappa shape index (κ1) is 15.4. The van der Waals surface area contributed by atoms with Gasteiger partial charge in [0, 0.05) is 31.3 Å². The molecule has 0 aromatic heterocycles. The van der Waals surface area contributed by atoms with E-state index >= 15 is 0 Å². The van der Waals surface area contributed by atoms with E-state index in [9.17, 15) is 9.90 Å². The molecule has 0 atom stereocenters. The molecular formula is C18H19NO4. The van der Waals surface area contributed by atoms with Crippen LogP contribution in [0.5, 0.6) is 11.5 Å². The van der Waals surface area contributed by atoms with Crippen LogP contribution in [0.15, 0.2) is 42.5 Å². The van der Waals surface area contributed by atoms with Crippen LogP contribution in [0.1, 0.15) is 21.5 Å². The topological polar surface area (TPSA) is 59.0 Å². The van der Waals surface area contributed by atoms with Gasteiger partial charge in [0.2, 0.25) is 0 Å². The van der Waals surface area contributed by atoms with Gasteiger partial charge in [-0.05, 0) is 17.7 Å². The average Bonchev–Trinajstić information content (AvgIpc) is 2.76. The average molecular weight is 313 g/mol. The molecule has 120 valence electrons. The minimum atomic E-state index is -0.892. The fourth-order valence-electron chi connectivity index (χ4n) is 2.77. The predicted octanol–water partition coefficient (Wildman–Crippen LogP) is 2.79. The Morgan fingerprint density at radius 3 is 2.91 bits per heavy atom. The molecule has 2 aromatic carbocycles. The Hall–Kier alpha value is -2.53. The van der Waals surface area contributed by atoms with Crippen molar-refractivity contribution in [2.45, 2.75) is 13.1 Å². The van der Waals surface area contributed by atoms with Crippen LogP contribution in [0.2, 0.25) is 0 Å². The number of ether oxygens (including phenoxy) is 2. The summed E-state index contributed by atoms with van der Waals surface area (Å²) in [6, 6.07) is 12.9. The van der Waals surface area contributed by atoms with Crippen molar-refractivity contribution >= 4 is 5.97 Å². The van der Waals surface area contributed by atoms with Crippen molar-refractivity contribution < 1.29 is 19.4 Å². The lowest BCUT2D eigenvalue weighted by atomic mass is 10.1. The lowest BCUT2D eigenvalue weighted by Gasteiger charge is -2.20. The highest BCUT2D eigenvalue weighted by molar-refractivity contribution is 5.89. The van der Waals surface area contributed by atoms with Gasteiger partial charge in [-0.2, -0.15) is 0 Å². The van der Waals surface area contributed by atoms with Gasteiger partial charge < -0.3 is 14.6 Å². The highest BCUT2D eigenvalue weighted by Crippen LogP contribution is 2.28. The van der Waals surface area contributed by atoms with Gasteiger partial charge in [-0.1, -0.05) is 24.3 Å². The van der Waals surface area contributed by atoms with Crippen LogP contribution in [0.3, 0.4) is 0 Å². The number of methoxy groups -OCH3 is 1. The Morgan fingerprint density at radius 1 is 1.30 bits per heavy atom. The van der Waals surface area contributed by atoms with Gasteiger partial charge >= 0.3 is 5.97 Å². The zero-order valence-corrected chi connectivity index (χ0v) is 13.0. The van der Waals surface area contributed by atoms with E-state index in [4.69, 9.17) is 9.47 Å². The summed E-state index contributed by atoms with van der Waals surface area (Å²) < 4.78 is 11.0. The fraction of sp³-hybridized carbons (Fsp3) is 0.278. The van der Waals surface area contributed by atoms with Crippen LogP contribution < -0.4 is 9.47 Å². The molecule has 23 heavy (non-hydrogen) atoms. The number of carbonyl (C=O) groups is 1. The molecule has 1 N–H and O–H groups in total. The number of hydrogen-bond acceptors (Lipinski definition) is 4. The maximum Gasteiger partial charge on any atom is 0.336 e. The van der Waals surface area contributed by atoms with Gasteiger partial charge in [-0.15, -0.1) is 0 Å². The predicted molar refractivity (Wildman–Crippen MR) is 86.0 cm³/mol. The molecule has 2 aromatic rings. The summed E-state index contributed by atoms with van der Waals surface area (Å²) in [4.78, 5) is 13.5. The van der Waals surface area contributed by atoms with Gasteiger partial charge in [-0.3, -0.25) is 4.90 Å². The van der Waals surface area contributed by atoms with E-state index in [0.717, 1.165) is 29.2 Å². The Labute approximate surface area is 135 Å². The number of fused-ring (bicyclic) bond motifs is 1. The number of benzene rings is 2. The Morgan fingerprint density at radius 2 is 2.13 bits per heavy atom. The highest BCUT2D eigenvalue weighted by Gasteiger charge is 2.18. The van der Waals surface area contributed by atoms with Crippen molar-refractivity contribution in [2.24, 2.45) is 0 Å². The molecule has 1 heterocycles. The minimum absolute atomic E-state index is 0.354. The number of carboxylic acid groups (broad SMARTS) is 1. The standard InChI is InChI=1S/C18H19NO4/c1-22-15-7-6-14-12-19(8-9-23-17(14)10-15)11-13-4-2-3-5-16(13)18(20)21/h2-7,10H,8-9,11-12H2,1H3,(H,20,21). The van der Waals surface area contributed by atoms with Gasteiger partial charge in [0.1, 0.15) is 18.1 Å². The second-order valence-electron chi connectivity index (χ2n) is 5.50. The van der Waals surface area contributed by atoms with Gasteiger partial charge in [0.15, 0.2) is 0 Å². The van der Waals surface area contributed by atoms with Gasteiger partial charge in [0.25, 0.3) is 0 Å². The van der Waals surface area contributed by atoms with Crippen LogP contribution in [0.25, 0.3) is 0 Å². The lowest BCUT2D eigenvalue weighted by molar-refractivity contribution is 0.0694. The minimum Gasteiger partial charge on any atom is -0.497 e. The number of rotatable bonds is 4. The Bertz CT molecular complexity index is 714. The van der Waals surface area contributed by atoms with E-state index in [2.05, 4.69) is 4.90 Å².